The number of hydrogen-bond donors (Lipinski definition) is 1. The molecule has 1 saturated heterocycles. The molecule has 2 aromatic carbocycles. The van der Waals surface area contributed by atoms with Gasteiger partial charge in [0.05, 0.1) is 16.2 Å². The van der Waals surface area contributed by atoms with Crippen LogP contribution in [0.3, 0.4) is 0 Å². The number of anilines is 1. The van der Waals surface area contributed by atoms with Gasteiger partial charge < -0.3 is 9.88 Å². The first-order valence-corrected chi connectivity index (χ1v) is 13.9. The van der Waals surface area contributed by atoms with Crippen molar-refractivity contribution in [2.45, 2.75) is 43.3 Å². The lowest BCUT2D eigenvalue weighted by Crippen LogP contribution is -2.28. The van der Waals surface area contributed by atoms with Crippen molar-refractivity contribution in [3.63, 3.8) is 0 Å². The van der Waals surface area contributed by atoms with Crippen molar-refractivity contribution in [1.82, 2.24) is 19.1 Å². The van der Waals surface area contributed by atoms with Crippen LogP contribution in [-0.4, -0.2) is 52.2 Å². The molecule has 0 spiro atoms. The van der Waals surface area contributed by atoms with Crippen LogP contribution in [0.2, 0.25) is 0 Å². The van der Waals surface area contributed by atoms with Crippen molar-refractivity contribution in [2.24, 2.45) is 5.92 Å². The molecule has 35 heavy (non-hydrogen) atoms. The minimum Gasteiger partial charge on any atom is -0.325 e. The number of amides is 1. The topological polar surface area (TPSA) is 97.2 Å². The van der Waals surface area contributed by atoms with Gasteiger partial charge in [-0.15, -0.1) is 10.2 Å². The lowest BCUT2D eigenvalue weighted by Gasteiger charge is -2.16. The highest BCUT2D eigenvalue weighted by molar-refractivity contribution is 7.99. The zero-order valence-electron chi connectivity index (χ0n) is 19.6. The van der Waals surface area contributed by atoms with Crippen molar-refractivity contribution in [3.8, 4) is 11.4 Å². The molecule has 4 rings (SSSR count). The van der Waals surface area contributed by atoms with Gasteiger partial charge in [-0.05, 0) is 49.1 Å². The third kappa shape index (κ3) is 5.91. The molecule has 0 bridgehead atoms. The zero-order chi connectivity index (χ0) is 25.0. The molecule has 3 aromatic rings. The summed E-state index contributed by atoms with van der Waals surface area (Å²) in [5.41, 5.74) is 0.763. The van der Waals surface area contributed by atoms with Gasteiger partial charge in [-0.3, -0.25) is 4.79 Å². The predicted octanol–water partition coefficient (Wildman–Crippen LogP) is 4.26. The van der Waals surface area contributed by atoms with Crippen LogP contribution in [0, 0.1) is 11.7 Å². The smallest absolute Gasteiger partial charge is 0.243 e. The van der Waals surface area contributed by atoms with Crippen molar-refractivity contribution < 1.29 is 17.6 Å². The Morgan fingerprint density at radius 3 is 2.57 bits per heavy atom. The van der Waals surface area contributed by atoms with Gasteiger partial charge in [0.1, 0.15) is 5.82 Å². The number of nitrogens with one attached hydrogen (secondary N) is 1. The highest BCUT2D eigenvalue weighted by Crippen LogP contribution is 2.27. The van der Waals surface area contributed by atoms with Crippen LogP contribution in [0.15, 0.2) is 58.6 Å². The van der Waals surface area contributed by atoms with E-state index in [9.17, 15) is 17.6 Å². The Morgan fingerprint density at radius 2 is 1.86 bits per heavy atom. The van der Waals surface area contributed by atoms with E-state index in [-0.39, 0.29) is 28.3 Å². The van der Waals surface area contributed by atoms with Crippen molar-refractivity contribution in [3.05, 3.63) is 54.3 Å². The Balaban J connectivity index is 1.46. The molecular formula is C24H28FN5O3S2. The Bertz CT molecular complexity index is 1300. The maximum Gasteiger partial charge on any atom is 0.243 e. The van der Waals surface area contributed by atoms with E-state index in [2.05, 4.69) is 15.5 Å². The standard InChI is InChI=1S/C24H28FN5O3S2/c1-17(2)15-30-23(20-10-3-4-11-21(20)25)27-28-24(30)34-16-22(31)26-18-8-7-9-19(14-18)35(32,33)29-12-5-6-13-29/h3-4,7-11,14,17H,5-6,12-13,15-16H2,1-2H3,(H,26,31). The first-order chi connectivity index (χ1) is 16.8. The number of benzene rings is 2. The molecule has 0 unspecified atom stereocenters. The van der Waals surface area contributed by atoms with Gasteiger partial charge in [-0.1, -0.05) is 43.8 Å². The summed E-state index contributed by atoms with van der Waals surface area (Å²) in [7, 11) is -3.57. The number of hydrogen-bond acceptors (Lipinski definition) is 6. The quantitative estimate of drug-likeness (QED) is 0.426. The molecule has 1 amide bonds. The van der Waals surface area contributed by atoms with Gasteiger partial charge in [0, 0.05) is 25.3 Å². The van der Waals surface area contributed by atoms with E-state index in [0.717, 1.165) is 12.8 Å². The Hall–Kier alpha value is -2.76. The SMILES string of the molecule is CC(C)Cn1c(SCC(=O)Nc2cccc(S(=O)(=O)N3CCCC3)c2)nnc1-c1ccccc1F. The summed E-state index contributed by atoms with van der Waals surface area (Å²) in [6.45, 7) is 5.67. The van der Waals surface area contributed by atoms with Crippen molar-refractivity contribution in [2.75, 3.05) is 24.2 Å². The number of carbonyl (C=O) groups excluding carboxylic acids is 1. The summed E-state index contributed by atoms with van der Waals surface area (Å²) < 4.78 is 43.3. The fourth-order valence-electron chi connectivity index (χ4n) is 3.91. The maximum absolute atomic E-state index is 14.4. The summed E-state index contributed by atoms with van der Waals surface area (Å²) in [4.78, 5) is 12.8. The van der Waals surface area contributed by atoms with Gasteiger partial charge in [0.25, 0.3) is 0 Å². The van der Waals surface area contributed by atoms with Gasteiger partial charge in [0.2, 0.25) is 15.9 Å². The number of halogens is 1. The summed E-state index contributed by atoms with van der Waals surface area (Å²) in [6, 6.07) is 12.7. The molecule has 1 N–H and O–H groups in total. The zero-order valence-corrected chi connectivity index (χ0v) is 21.3. The van der Waals surface area contributed by atoms with Gasteiger partial charge in [-0.25, -0.2) is 12.8 Å². The number of sulfonamides is 1. The minimum absolute atomic E-state index is 0.0383. The second-order valence-corrected chi connectivity index (χ2v) is 11.6. The Morgan fingerprint density at radius 1 is 1.11 bits per heavy atom. The van der Waals surface area contributed by atoms with Crippen molar-refractivity contribution >= 4 is 33.4 Å². The summed E-state index contributed by atoms with van der Waals surface area (Å²) in [6.07, 6.45) is 1.71. The third-order valence-electron chi connectivity index (χ3n) is 5.53. The summed E-state index contributed by atoms with van der Waals surface area (Å²) in [5, 5.41) is 11.7. The molecule has 1 aliphatic heterocycles. The molecule has 1 fully saturated rings. The highest BCUT2D eigenvalue weighted by atomic mass is 32.2. The minimum atomic E-state index is -3.57. The van der Waals surface area contributed by atoms with Crippen LogP contribution in [0.25, 0.3) is 11.4 Å². The molecule has 1 aliphatic rings. The summed E-state index contributed by atoms with van der Waals surface area (Å²) >= 11 is 1.20. The first-order valence-electron chi connectivity index (χ1n) is 11.5. The number of carbonyl (C=O) groups is 1. The lowest BCUT2D eigenvalue weighted by atomic mass is 10.2. The van der Waals surface area contributed by atoms with E-state index in [1.807, 2.05) is 18.4 Å². The van der Waals surface area contributed by atoms with E-state index in [1.165, 1.54) is 34.3 Å². The second kappa shape index (κ2) is 10.9. The van der Waals surface area contributed by atoms with E-state index in [4.69, 9.17) is 0 Å². The first kappa shape index (κ1) is 25.3. The fourth-order valence-corrected chi connectivity index (χ4v) is 6.22. The molecule has 0 aliphatic carbocycles. The van der Waals surface area contributed by atoms with E-state index in [1.54, 1.807) is 30.3 Å². The van der Waals surface area contributed by atoms with E-state index >= 15 is 0 Å². The van der Waals surface area contributed by atoms with Crippen LogP contribution in [-0.2, 0) is 21.4 Å². The lowest BCUT2D eigenvalue weighted by molar-refractivity contribution is -0.113. The molecule has 8 nitrogen and oxygen atoms in total. The third-order valence-corrected chi connectivity index (χ3v) is 8.39. The number of aromatic nitrogens is 3. The van der Waals surface area contributed by atoms with Crippen LogP contribution in [0.4, 0.5) is 10.1 Å². The molecule has 1 aromatic heterocycles. The number of nitrogens with zero attached hydrogens (tertiary/aromatic N) is 4. The molecular weight excluding hydrogens is 489 g/mol. The highest BCUT2D eigenvalue weighted by Gasteiger charge is 2.27. The average molecular weight is 518 g/mol. The Kier molecular flexibility index (Phi) is 7.88. The largest absolute Gasteiger partial charge is 0.325 e. The van der Waals surface area contributed by atoms with Crippen LogP contribution in [0.5, 0.6) is 0 Å². The van der Waals surface area contributed by atoms with Crippen LogP contribution >= 0.6 is 11.8 Å². The summed E-state index contributed by atoms with van der Waals surface area (Å²) in [5.74, 6) is 0.0149. The molecule has 0 atom stereocenters. The molecule has 2 heterocycles. The molecule has 11 heteroatoms. The monoisotopic (exact) mass is 517 g/mol. The molecule has 0 saturated carbocycles. The van der Waals surface area contributed by atoms with Gasteiger partial charge in [-0.2, -0.15) is 4.31 Å². The van der Waals surface area contributed by atoms with Gasteiger partial charge in [0.15, 0.2) is 11.0 Å². The number of rotatable bonds is 9. The van der Waals surface area contributed by atoms with E-state index < -0.39 is 10.0 Å². The molecule has 0 radical (unpaired) electrons. The maximum atomic E-state index is 14.4. The van der Waals surface area contributed by atoms with Crippen LogP contribution in [0.1, 0.15) is 26.7 Å². The average Bonchev–Trinajstić information content (AvgIpc) is 3.49. The fraction of sp³-hybridized carbons (Fsp3) is 0.375. The second-order valence-electron chi connectivity index (χ2n) is 8.77. The molecule has 186 valence electrons. The van der Waals surface area contributed by atoms with Crippen LogP contribution < -0.4 is 5.32 Å². The van der Waals surface area contributed by atoms with Gasteiger partial charge >= 0.3 is 0 Å². The normalized spacial score (nSPS) is 14.5. The predicted molar refractivity (Wildman–Crippen MR) is 134 cm³/mol. The Labute approximate surface area is 209 Å². The number of thioether (sulfide) groups is 1. The van der Waals surface area contributed by atoms with E-state index in [0.29, 0.717) is 41.9 Å². The van der Waals surface area contributed by atoms with Crippen molar-refractivity contribution in [1.29, 1.82) is 0 Å².